The summed E-state index contributed by atoms with van der Waals surface area (Å²) in [5, 5.41) is 4.94. The van der Waals surface area contributed by atoms with E-state index in [4.69, 9.17) is 11.6 Å². The molecule has 126 valence electrons. The fraction of sp³-hybridized carbons (Fsp3) is 0.474. The molecule has 1 aliphatic carbocycles. The summed E-state index contributed by atoms with van der Waals surface area (Å²) in [6.07, 6.45) is 7.96. The fourth-order valence-electron chi connectivity index (χ4n) is 3.93. The van der Waals surface area contributed by atoms with Gasteiger partial charge in [0, 0.05) is 31.4 Å². The molecule has 2 aromatic rings. The number of hydrogen-bond acceptors (Lipinski definition) is 2. The highest BCUT2D eigenvalue weighted by atomic mass is 35.5. The molecule has 0 spiro atoms. The van der Waals surface area contributed by atoms with Gasteiger partial charge in [-0.25, -0.2) is 0 Å². The Bertz CT molecular complexity index is 765. The molecule has 1 aliphatic heterocycles. The summed E-state index contributed by atoms with van der Waals surface area (Å²) in [5.41, 5.74) is 2.03. The second kappa shape index (κ2) is 5.92. The molecule has 1 aromatic heterocycles. The van der Waals surface area contributed by atoms with E-state index in [1.807, 2.05) is 42.2 Å². The van der Waals surface area contributed by atoms with Gasteiger partial charge in [0.2, 0.25) is 5.91 Å². The SMILES string of the molecule is Cn1cc(C[C@@H]2CCN(C(=O)C3(c4cccc(Cl)c4)CC3)C2)cn1. The molecule has 1 saturated carbocycles. The zero-order valence-electron chi connectivity index (χ0n) is 13.9. The van der Waals surface area contributed by atoms with Crippen LogP contribution in [0.1, 0.15) is 30.4 Å². The maximum Gasteiger partial charge on any atom is 0.233 e. The molecule has 24 heavy (non-hydrogen) atoms. The van der Waals surface area contributed by atoms with Crippen molar-refractivity contribution in [2.24, 2.45) is 13.0 Å². The minimum atomic E-state index is -0.311. The third-order valence-electron chi connectivity index (χ3n) is 5.39. The Hall–Kier alpha value is -1.81. The molecule has 2 fully saturated rings. The molecule has 0 bridgehead atoms. The molecule has 1 saturated heterocycles. The predicted molar refractivity (Wildman–Crippen MR) is 94.0 cm³/mol. The van der Waals surface area contributed by atoms with Gasteiger partial charge >= 0.3 is 0 Å². The highest BCUT2D eigenvalue weighted by molar-refractivity contribution is 6.30. The summed E-state index contributed by atoms with van der Waals surface area (Å²) in [6.45, 7) is 1.72. The van der Waals surface area contributed by atoms with E-state index in [1.165, 1.54) is 5.56 Å². The van der Waals surface area contributed by atoms with Crippen molar-refractivity contribution in [3.05, 3.63) is 52.8 Å². The quantitative estimate of drug-likeness (QED) is 0.855. The molecule has 1 atom stereocenters. The van der Waals surface area contributed by atoms with Crippen molar-refractivity contribution in [3.63, 3.8) is 0 Å². The van der Waals surface area contributed by atoms with Gasteiger partial charge in [0.25, 0.3) is 0 Å². The first-order chi connectivity index (χ1) is 11.6. The van der Waals surface area contributed by atoms with Gasteiger partial charge in [-0.2, -0.15) is 5.10 Å². The van der Waals surface area contributed by atoms with Crippen molar-refractivity contribution >= 4 is 17.5 Å². The van der Waals surface area contributed by atoms with Gasteiger partial charge in [-0.15, -0.1) is 0 Å². The Kier molecular flexibility index (Phi) is 3.87. The smallest absolute Gasteiger partial charge is 0.233 e. The number of aromatic nitrogens is 2. The molecule has 2 heterocycles. The largest absolute Gasteiger partial charge is 0.342 e. The van der Waals surface area contributed by atoms with Crippen molar-refractivity contribution in [1.82, 2.24) is 14.7 Å². The zero-order chi connectivity index (χ0) is 16.7. The lowest BCUT2D eigenvalue weighted by molar-refractivity contribution is -0.133. The fourth-order valence-corrected chi connectivity index (χ4v) is 4.12. The number of benzene rings is 1. The molecular weight excluding hydrogens is 322 g/mol. The van der Waals surface area contributed by atoms with E-state index in [9.17, 15) is 4.79 Å². The Morgan fingerprint density at radius 3 is 2.92 bits per heavy atom. The highest BCUT2D eigenvalue weighted by Gasteiger charge is 2.53. The van der Waals surface area contributed by atoms with Crippen LogP contribution in [0.25, 0.3) is 0 Å². The first-order valence-corrected chi connectivity index (χ1v) is 8.97. The second-order valence-electron chi connectivity index (χ2n) is 7.22. The number of amides is 1. The zero-order valence-corrected chi connectivity index (χ0v) is 14.7. The van der Waals surface area contributed by atoms with E-state index in [2.05, 4.69) is 16.2 Å². The summed E-state index contributed by atoms with van der Waals surface area (Å²) >= 11 is 6.13. The topological polar surface area (TPSA) is 38.1 Å². The third-order valence-corrected chi connectivity index (χ3v) is 5.63. The van der Waals surface area contributed by atoms with Gasteiger partial charge in [-0.05, 0) is 54.9 Å². The predicted octanol–water partition coefficient (Wildman–Crippen LogP) is 3.20. The van der Waals surface area contributed by atoms with Crippen molar-refractivity contribution in [2.75, 3.05) is 13.1 Å². The van der Waals surface area contributed by atoms with Crippen LogP contribution in [-0.2, 0) is 23.7 Å². The minimum absolute atomic E-state index is 0.290. The Balaban J connectivity index is 1.44. The summed E-state index contributed by atoms with van der Waals surface area (Å²) in [7, 11) is 1.94. The maximum absolute atomic E-state index is 13.1. The number of likely N-dealkylation sites (tertiary alicyclic amines) is 1. The van der Waals surface area contributed by atoms with Crippen LogP contribution in [0.15, 0.2) is 36.7 Å². The van der Waals surface area contributed by atoms with Gasteiger partial charge < -0.3 is 4.90 Å². The first-order valence-electron chi connectivity index (χ1n) is 8.60. The molecule has 5 heteroatoms. The standard InChI is InChI=1S/C19H22ClN3O/c1-22-12-15(11-21-22)9-14-5-8-23(13-14)18(24)19(6-7-19)16-3-2-4-17(20)10-16/h2-4,10-12,14H,5-9,13H2,1H3/t14-/m0/s1. The number of aryl methyl sites for hydroxylation is 1. The van der Waals surface area contributed by atoms with Crippen molar-refractivity contribution in [3.8, 4) is 0 Å². The van der Waals surface area contributed by atoms with Gasteiger partial charge in [0.05, 0.1) is 11.6 Å². The summed E-state index contributed by atoms with van der Waals surface area (Å²) < 4.78 is 1.84. The molecule has 1 aromatic carbocycles. The van der Waals surface area contributed by atoms with E-state index in [0.717, 1.165) is 44.3 Å². The highest BCUT2D eigenvalue weighted by Crippen LogP contribution is 2.50. The molecule has 0 radical (unpaired) electrons. The van der Waals surface area contributed by atoms with Crippen molar-refractivity contribution < 1.29 is 4.79 Å². The minimum Gasteiger partial charge on any atom is -0.342 e. The average Bonchev–Trinajstić information content (AvgIpc) is 3.09. The van der Waals surface area contributed by atoms with Gasteiger partial charge in [0.15, 0.2) is 0 Å². The van der Waals surface area contributed by atoms with Crippen LogP contribution in [0.3, 0.4) is 0 Å². The molecule has 1 amide bonds. The Morgan fingerprint density at radius 1 is 1.42 bits per heavy atom. The number of carbonyl (C=O) groups is 1. The molecule has 0 N–H and O–H groups in total. The van der Waals surface area contributed by atoms with Gasteiger partial charge in [0.1, 0.15) is 0 Å². The maximum atomic E-state index is 13.1. The summed E-state index contributed by atoms with van der Waals surface area (Å²) in [4.78, 5) is 15.2. The van der Waals surface area contributed by atoms with Crippen LogP contribution in [0.2, 0.25) is 5.02 Å². The van der Waals surface area contributed by atoms with Crippen LogP contribution in [0.5, 0.6) is 0 Å². The number of rotatable bonds is 4. The van der Waals surface area contributed by atoms with Gasteiger partial charge in [-0.3, -0.25) is 9.48 Å². The number of nitrogens with zero attached hydrogens (tertiary/aromatic N) is 3. The van der Waals surface area contributed by atoms with E-state index >= 15 is 0 Å². The average molecular weight is 344 g/mol. The van der Waals surface area contributed by atoms with Crippen molar-refractivity contribution in [1.29, 1.82) is 0 Å². The number of hydrogen-bond donors (Lipinski definition) is 0. The molecule has 4 nitrogen and oxygen atoms in total. The molecule has 0 unspecified atom stereocenters. The van der Waals surface area contributed by atoms with E-state index in [-0.39, 0.29) is 5.41 Å². The summed E-state index contributed by atoms with van der Waals surface area (Å²) in [6, 6.07) is 7.81. The molecule has 4 rings (SSSR count). The Morgan fingerprint density at radius 2 is 2.25 bits per heavy atom. The van der Waals surface area contributed by atoms with Crippen LogP contribution >= 0.6 is 11.6 Å². The van der Waals surface area contributed by atoms with Crippen LogP contribution < -0.4 is 0 Å². The lowest BCUT2D eigenvalue weighted by Crippen LogP contribution is -2.38. The van der Waals surface area contributed by atoms with Gasteiger partial charge in [-0.1, -0.05) is 23.7 Å². The second-order valence-corrected chi connectivity index (χ2v) is 7.66. The Labute approximate surface area is 147 Å². The first kappa shape index (κ1) is 15.7. The molecule has 2 aliphatic rings. The normalized spacial score (nSPS) is 21.9. The lowest BCUT2D eigenvalue weighted by Gasteiger charge is -2.24. The van der Waals surface area contributed by atoms with Crippen LogP contribution in [-0.4, -0.2) is 33.7 Å². The van der Waals surface area contributed by atoms with E-state index in [0.29, 0.717) is 16.8 Å². The number of carbonyl (C=O) groups excluding carboxylic acids is 1. The van der Waals surface area contributed by atoms with E-state index < -0.39 is 0 Å². The summed E-state index contributed by atoms with van der Waals surface area (Å²) in [5.74, 6) is 0.826. The monoisotopic (exact) mass is 343 g/mol. The van der Waals surface area contributed by atoms with Crippen LogP contribution in [0.4, 0.5) is 0 Å². The lowest BCUT2D eigenvalue weighted by atomic mass is 9.94. The van der Waals surface area contributed by atoms with Crippen molar-refractivity contribution in [2.45, 2.75) is 31.1 Å². The van der Waals surface area contributed by atoms with E-state index in [1.54, 1.807) is 0 Å². The number of halogens is 1. The van der Waals surface area contributed by atoms with Crippen LogP contribution in [0, 0.1) is 5.92 Å². The molecular formula is C19H22ClN3O. The third kappa shape index (κ3) is 2.84.